The van der Waals surface area contributed by atoms with Gasteiger partial charge in [0.05, 0.1) is 5.69 Å². The number of carbonyl (C=O) groups is 1. The van der Waals surface area contributed by atoms with E-state index >= 15 is 0 Å². The monoisotopic (exact) mass is 395 g/mol. The molecule has 2 aromatic rings. The summed E-state index contributed by atoms with van der Waals surface area (Å²) < 4.78 is 6.30. The van der Waals surface area contributed by atoms with Gasteiger partial charge in [-0.2, -0.15) is 0 Å². The topological polar surface area (TPSA) is 45.7 Å². The zero-order valence-corrected chi connectivity index (χ0v) is 18.6. The molecule has 0 N–H and O–H groups in total. The molecule has 0 saturated carbocycles. The van der Waals surface area contributed by atoms with E-state index in [1.807, 2.05) is 24.8 Å². The third kappa shape index (κ3) is 4.96. The van der Waals surface area contributed by atoms with Crippen LogP contribution in [0.25, 0.3) is 0 Å². The summed E-state index contributed by atoms with van der Waals surface area (Å²) in [6.07, 6.45) is 2.50. The number of likely N-dealkylation sites (tertiary alicyclic amines) is 1. The fourth-order valence-electron chi connectivity index (χ4n) is 4.19. The zero-order chi connectivity index (χ0) is 21.1. The Morgan fingerprint density at radius 2 is 1.69 bits per heavy atom. The summed E-state index contributed by atoms with van der Waals surface area (Å²) >= 11 is 0. The molecule has 1 aromatic carbocycles. The third-order valence-electron chi connectivity index (χ3n) is 5.64. The van der Waals surface area contributed by atoms with Crippen molar-refractivity contribution < 1.29 is 9.53 Å². The highest BCUT2D eigenvalue weighted by atomic mass is 16.5. The molecule has 29 heavy (non-hydrogen) atoms. The zero-order valence-electron chi connectivity index (χ0n) is 18.6. The minimum absolute atomic E-state index is 0.0477. The number of hydrogen-bond donors (Lipinski definition) is 0. The van der Waals surface area contributed by atoms with Crippen LogP contribution in [0.3, 0.4) is 0 Å². The summed E-state index contributed by atoms with van der Waals surface area (Å²) in [5.74, 6) is 1.46. The number of ether oxygens (including phenoxy) is 1. The van der Waals surface area contributed by atoms with Crippen molar-refractivity contribution in [2.75, 3.05) is 31.1 Å². The Bertz CT molecular complexity index is 878. The van der Waals surface area contributed by atoms with E-state index in [9.17, 15) is 4.79 Å². The first kappa shape index (κ1) is 21.3. The highest BCUT2D eigenvalue weighted by Gasteiger charge is 2.21. The molecule has 0 atom stereocenters. The summed E-state index contributed by atoms with van der Waals surface area (Å²) in [5.41, 5.74) is 6.02. The number of amides is 1. The second-order valence-corrected chi connectivity index (χ2v) is 8.26. The van der Waals surface area contributed by atoms with Crippen molar-refractivity contribution in [1.29, 1.82) is 0 Å². The molecular weight excluding hydrogens is 362 g/mol. The molecule has 1 amide bonds. The summed E-state index contributed by atoms with van der Waals surface area (Å²) in [4.78, 5) is 21.4. The highest BCUT2D eigenvalue weighted by molar-refractivity contribution is 5.92. The van der Waals surface area contributed by atoms with Gasteiger partial charge in [-0.05, 0) is 77.7 Å². The maximum Gasteiger partial charge on any atom is 0.224 e. The average molecular weight is 396 g/mol. The molecule has 2 heterocycles. The van der Waals surface area contributed by atoms with Gasteiger partial charge in [0.25, 0.3) is 0 Å². The van der Waals surface area contributed by atoms with Crippen molar-refractivity contribution in [2.24, 2.45) is 0 Å². The lowest BCUT2D eigenvalue weighted by molar-refractivity contribution is -0.116. The van der Waals surface area contributed by atoms with E-state index in [0.717, 1.165) is 53.5 Å². The van der Waals surface area contributed by atoms with Crippen LogP contribution in [0.15, 0.2) is 18.2 Å². The SMILES string of the molecule is CC(=O)N(CCN1CCCC1)c1cc(C)nc(Oc2c(C)cc(C)cc2C)c1C. The fourth-order valence-corrected chi connectivity index (χ4v) is 4.19. The lowest BCUT2D eigenvalue weighted by Gasteiger charge is -2.27. The molecule has 0 unspecified atom stereocenters. The van der Waals surface area contributed by atoms with Gasteiger partial charge in [0, 0.05) is 31.3 Å². The van der Waals surface area contributed by atoms with Gasteiger partial charge in [-0.15, -0.1) is 0 Å². The molecule has 1 aliphatic rings. The first-order chi connectivity index (χ1) is 13.8. The first-order valence-electron chi connectivity index (χ1n) is 10.5. The van der Waals surface area contributed by atoms with Crippen molar-refractivity contribution in [3.05, 3.63) is 46.1 Å². The summed E-state index contributed by atoms with van der Waals surface area (Å²) in [6, 6.07) is 6.22. The molecule has 1 saturated heterocycles. The third-order valence-corrected chi connectivity index (χ3v) is 5.64. The van der Waals surface area contributed by atoms with Gasteiger partial charge < -0.3 is 14.5 Å². The number of nitrogens with zero attached hydrogens (tertiary/aromatic N) is 3. The van der Waals surface area contributed by atoms with Gasteiger partial charge in [0.2, 0.25) is 11.8 Å². The van der Waals surface area contributed by atoms with E-state index in [1.165, 1.54) is 18.4 Å². The molecule has 1 fully saturated rings. The van der Waals surface area contributed by atoms with Crippen molar-refractivity contribution in [2.45, 2.75) is 54.4 Å². The van der Waals surface area contributed by atoms with E-state index in [4.69, 9.17) is 4.74 Å². The van der Waals surface area contributed by atoms with E-state index in [1.54, 1.807) is 6.92 Å². The number of rotatable bonds is 6. The highest BCUT2D eigenvalue weighted by Crippen LogP contribution is 2.34. The Labute approximate surface area is 174 Å². The minimum atomic E-state index is 0.0477. The molecule has 156 valence electrons. The van der Waals surface area contributed by atoms with Crippen molar-refractivity contribution in [1.82, 2.24) is 9.88 Å². The van der Waals surface area contributed by atoms with Gasteiger partial charge in [0.15, 0.2) is 0 Å². The number of aryl methyl sites for hydroxylation is 4. The maximum absolute atomic E-state index is 12.5. The Balaban J connectivity index is 1.91. The van der Waals surface area contributed by atoms with Gasteiger partial charge in [0.1, 0.15) is 5.75 Å². The molecule has 3 rings (SSSR count). The summed E-state index contributed by atoms with van der Waals surface area (Å²) in [7, 11) is 0. The molecule has 0 bridgehead atoms. The standard InChI is InChI=1S/C24H33N3O2/c1-16-13-17(2)23(18(3)14-16)29-24-20(5)22(15-19(4)25-24)27(21(6)28)12-11-26-9-7-8-10-26/h13-15H,7-12H2,1-6H3. The largest absolute Gasteiger partial charge is 0.438 e. The van der Waals surface area contributed by atoms with Crippen molar-refractivity contribution >= 4 is 11.6 Å². The Kier molecular flexibility index (Phi) is 6.58. The molecule has 1 aliphatic heterocycles. The predicted octanol–water partition coefficient (Wildman–Crippen LogP) is 4.86. The number of benzene rings is 1. The predicted molar refractivity (Wildman–Crippen MR) is 118 cm³/mol. The number of aromatic nitrogens is 1. The van der Waals surface area contributed by atoms with E-state index in [-0.39, 0.29) is 5.91 Å². The minimum Gasteiger partial charge on any atom is -0.438 e. The number of carbonyl (C=O) groups excluding carboxylic acids is 1. The van der Waals surface area contributed by atoms with Crippen LogP contribution in [0, 0.1) is 34.6 Å². The molecule has 0 radical (unpaired) electrons. The van der Waals surface area contributed by atoms with Crippen LogP contribution in [-0.4, -0.2) is 42.0 Å². The van der Waals surface area contributed by atoms with Crippen molar-refractivity contribution in [3.8, 4) is 11.6 Å². The Morgan fingerprint density at radius 3 is 2.28 bits per heavy atom. The van der Waals surface area contributed by atoms with Crippen LogP contribution in [0.4, 0.5) is 5.69 Å². The Morgan fingerprint density at radius 1 is 1.07 bits per heavy atom. The summed E-state index contributed by atoms with van der Waals surface area (Å²) in [6.45, 7) is 15.6. The smallest absolute Gasteiger partial charge is 0.224 e. The van der Waals surface area contributed by atoms with Crippen LogP contribution in [0.1, 0.15) is 47.7 Å². The van der Waals surface area contributed by atoms with Crippen LogP contribution in [0.2, 0.25) is 0 Å². The molecular formula is C24H33N3O2. The molecule has 5 nitrogen and oxygen atoms in total. The number of hydrogen-bond acceptors (Lipinski definition) is 4. The van der Waals surface area contributed by atoms with E-state index in [0.29, 0.717) is 12.4 Å². The van der Waals surface area contributed by atoms with Crippen LogP contribution in [-0.2, 0) is 4.79 Å². The van der Waals surface area contributed by atoms with E-state index in [2.05, 4.69) is 42.8 Å². The quantitative estimate of drug-likeness (QED) is 0.700. The van der Waals surface area contributed by atoms with Gasteiger partial charge in [-0.25, -0.2) is 4.98 Å². The molecule has 0 aliphatic carbocycles. The van der Waals surface area contributed by atoms with Gasteiger partial charge >= 0.3 is 0 Å². The summed E-state index contributed by atoms with van der Waals surface area (Å²) in [5, 5.41) is 0. The van der Waals surface area contributed by atoms with Gasteiger partial charge in [-0.3, -0.25) is 4.79 Å². The second-order valence-electron chi connectivity index (χ2n) is 8.26. The average Bonchev–Trinajstić information content (AvgIpc) is 3.14. The van der Waals surface area contributed by atoms with Crippen LogP contribution >= 0.6 is 0 Å². The van der Waals surface area contributed by atoms with Crippen LogP contribution < -0.4 is 9.64 Å². The van der Waals surface area contributed by atoms with E-state index < -0.39 is 0 Å². The van der Waals surface area contributed by atoms with Crippen LogP contribution in [0.5, 0.6) is 11.6 Å². The Hall–Kier alpha value is -2.40. The lowest BCUT2D eigenvalue weighted by Crippen LogP contribution is -2.37. The molecule has 5 heteroatoms. The second kappa shape index (κ2) is 8.95. The molecule has 0 spiro atoms. The van der Waals surface area contributed by atoms with Gasteiger partial charge in [-0.1, -0.05) is 17.7 Å². The fraction of sp³-hybridized carbons (Fsp3) is 0.500. The molecule has 1 aromatic heterocycles. The number of anilines is 1. The normalized spacial score (nSPS) is 14.3. The lowest BCUT2D eigenvalue weighted by atomic mass is 10.1. The number of pyridine rings is 1. The maximum atomic E-state index is 12.5. The first-order valence-corrected chi connectivity index (χ1v) is 10.5. The van der Waals surface area contributed by atoms with Crippen molar-refractivity contribution in [3.63, 3.8) is 0 Å².